The lowest BCUT2D eigenvalue weighted by Gasteiger charge is -2.17. The van der Waals surface area contributed by atoms with E-state index in [1.165, 1.54) is 0 Å². The zero-order chi connectivity index (χ0) is 13.0. The van der Waals surface area contributed by atoms with Crippen molar-refractivity contribution in [2.75, 3.05) is 0 Å². The predicted molar refractivity (Wildman–Crippen MR) is 67.4 cm³/mol. The Morgan fingerprint density at radius 1 is 1.18 bits per heavy atom. The van der Waals surface area contributed by atoms with Gasteiger partial charge in [0.25, 0.3) is 0 Å². The van der Waals surface area contributed by atoms with Gasteiger partial charge >= 0.3 is 0 Å². The number of ether oxygens (including phenoxy) is 1. The Morgan fingerprint density at radius 3 is 2.29 bits per heavy atom. The molecule has 1 rings (SSSR count). The van der Waals surface area contributed by atoms with Crippen LogP contribution in [0.5, 0.6) is 5.75 Å². The lowest BCUT2D eigenvalue weighted by Crippen LogP contribution is -2.26. The Labute approximate surface area is 102 Å². The van der Waals surface area contributed by atoms with Crippen molar-refractivity contribution in [1.82, 2.24) is 0 Å². The molecule has 0 aliphatic rings. The van der Waals surface area contributed by atoms with Crippen molar-refractivity contribution in [3.8, 4) is 5.75 Å². The first kappa shape index (κ1) is 13.7. The third kappa shape index (κ3) is 3.56. The maximum Gasteiger partial charge on any atom is 0.195 e. The molecule has 3 heteroatoms. The first-order chi connectivity index (χ1) is 7.93. The average molecular weight is 236 g/mol. The summed E-state index contributed by atoms with van der Waals surface area (Å²) < 4.78 is 5.56. The van der Waals surface area contributed by atoms with E-state index in [4.69, 9.17) is 4.74 Å². The number of para-hydroxylation sites is 1. The van der Waals surface area contributed by atoms with Crippen LogP contribution in [-0.2, 0) is 0 Å². The van der Waals surface area contributed by atoms with Gasteiger partial charge in [-0.15, -0.1) is 0 Å². The molecule has 0 saturated heterocycles. The van der Waals surface area contributed by atoms with Crippen LogP contribution in [0.15, 0.2) is 24.3 Å². The maximum absolute atomic E-state index is 12.1. The third-order valence-electron chi connectivity index (χ3n) is 2.42. The van der Waals surface area contributed by atoms with Crippen LogP contribution in [-0.4, -0.2) is 23.1 Å². The number of aliphatic hydroxyl groups is 1. The standard InChI is InChI=1S/C14H20O3/c1-9(2)13(15)14(16)11-7-5-6-8-12(11)17-10(3)4/h5-10,13,15H,1-4H3. The third-order valence-corrected chi connectivity index (χ3v) is 2.42. The summed E-state index contributed by atoms with van der Waals surface area (Å²) in [5.41, 5.74) is 0.447. The Kier molecular flexibility index (Phi) is 4.70. The second kappa shape index (κ2) is 5.82. The fraction of sp³-hybridized carbons (Fsp3) is 0.500. The summed E-state index contributed by atoms with van der Waals surface area (Å²) in [6, 6.07) is 7.02. The highest BCUT2D eigenvalue weighted by atomic mass is 16.5. The number of benzene rings is 1. The van der Waals surface area contributed by atoms with Gasteiger partial charge in [-0.3, -0.25) is 4.79 Å². The quantitative estimate of drug-likeness (QED) is 0.799. The number of aliphatic hydroxyl groups excluding tert-OH is 1. The van der Waals surface area contributed by atoms with Gasteiger partial charge in [0.05, 0.1) is 11.7 Å². The normalized spacial score (nSPS) is 12.9. The van der Waals surface area contributed by atoms with E-state index in [-0.39, 0.29) is 17.8 Å². The molecule has 1 N–H and O–H groups in total. The van der Waals surface area contributed by atoms with Crippen molar-refractivity contribution < 1.29 is 14.6 Å². The van der Waals surface area contributed by atoms with E-state index in [1.54, 1.807) is 18.2 Å². The van der Waals surface area contributed by atoms with Gasteiger partial charge in [0.15, 0.2) is 5.78 Å². The van der Waals surface area contributed by atoms with Crippen molar-refractivity contribution >= 4 is 5.78 Å². The Bertz CT molecular complexity index is 383. The molecule has 0 saturated carbocycles. The molecule has 1 aromatic carbocycles. The van der Waals surface area contributed by atoms with Gasteiger partial charge in [0.2, 0.25) is 0 Å². The second-order valence-corrected chi connectivity index (χ2v) is 4.72. The van der Waals surface area contributed by atoms with E-state index in [9.17, 15) is 9.90 Å². The highest BCUT2D eigenvalue weighted by Gasteiger charge is 2.23. The van der Waals surface area contributed by atoms with Crippen LogP contribution in [0.3, 0.4) is 0 Å². The molecule has 0 aromatic heterocycles. The van der Waals surface area contributed by atoms with Crippen molar-refractivity contribution in [3.63, 3.8) is 0 Å². The van der Waals surface area contributed by atoms with Crippen LogP contribution in [0.4, 0.5) is 0 Å². The summed E-state index contributed by atoms with van der Waals surface area (Å²) in [7, 11) is 0. The zero-order valence-corrected chi connectivity index (χ0v) is 10.8. The van der Waals surface area contributed by atoms with Gasteiger partial charge in [0.1, 0.15) is 11.9 Å². The molecule has 17 heavy (non-hydrogen) atoms. The van der Waals surface area contributed by atoms with Crippen molar-refractivity contribution in [2.45, 2.75) is 39.9 Å². The summed E-state index contributed by atoms with van der Waals surface area (Å²) in [6.07, 6.45) is -0.980. The molecule has 0 aliphatic carbocycles. The summed E-state index contributed by atoms with van der Waals surface area (Å²) in [4.78, 5) is 12.1. The lowest BCUT2D eigenvalue weighted by molar-refractivity contribution is 0.0642. The number of carbonyl (C=O) groups is 1. The van der Waals surface area contributed by atoms with Crippen LogP contribution in [0.25, 0.3) is 0 Å². The number of hydrogen-bond acceptors (Lipinski definition) is 3. The molecule has 94 valence electrons. The van der Waals surface area contributed by atoms with Crippen LogP contribution >= 0.6 is 0 Å². The number of carbonyl (C=O) groups excluding carboxylic acids is 1. The molecule has 0 heterocycles. The number of rotatable bonds is 5. The first-order valence-electron chi connectivity index (χ1n) is 5.91. The minimum Gasteiger partial charge on any atom is -0.490 e. The summed E-state index contributed by atoms with van der Waals surface area (Å²) >= 11 is 0. The number of hydrogen-bond donors (Lipinski definition) is 1. The molecule has 1 atom stereocenters. The number of ketones is 1. The fourth-order valence-electron chi connectivity index (χ4n) is 1.49. The van der Waals surface area contributed by atoms with Crippen LogP contribution in [0.1, 0.15) is 38.1 Å². The predicted octanol–water partition coefficient (Wildman–Crippen LogP) is 2.67. The highest BCUT2D eigenvalue weighted by molar-refractivity contribution is 6.01. The van der Waals surface area contributed by atoms with Crippen molar-refractivity contribution in [1.29, 1.82) is 0 Å². The fourth-order valence-corrected chi connectivity index (χ4v) is 1.49. The Hall–Kier alpha value is -1.35. The highest BCUT2D eigenvalue weighted by Crippen LogP contribution is 2.22. The molecule has 0 radical (unpaired) electrons. The van der Waals surface area contributed by atoms with Gasteiger partial charge in [-0.1, -0.05) is 26.0 Å². The van der Waals surface area contributed by atoms with Crippen molar-refractivity contribution in [2.24, 2.45) is 5.92 Å². The minimum atomic E-state index is -0.980. The molecule has 0 spiro atoms. The Balaban J connectivity index is 3.00. The maximum atomic E-state index is 12.1. The second-order valence-electron chi connectivity index (χ2n) is 4.72. The SMILES string of the molecule is CC(C)Oc1ccccc1C(=O)C(O)C(C)C. The molecule has 0 amide bonds. The molecule has 0 fully saturated rings. The van der Waals surface area contributed by atoms with Crippen LogP contribution in [0, 0.1) is 5.92 Å². The molecule has 1 unspecified atom stereocenters. The monoisotopic (exact) mass is 236 g/mol. The lowest BCUT2D eigenvalue weighted by atomic mass is 9.97. The van der Waals surface area contributed by atoms with E-state index in [0.717, 1.165) is 0 Å². The molecule has 3 nitrogen and oxygen atoms in total. The van der Waals surface area contributed by atoms with Crippen LogP contribution < -0.4 is 4.74 Å². The van der Waals surface area contributed by atoms with Gasteiger partial charge in [0, 0.05) is 0 Å². The topological polar surface area (TPSA) is 46.5 Å². The smallest absolute Gasteiger partial charge is 0.195 e. The van der Waals surface area contributed by atoms with E-state index >= 15 is 0 Å². The van der Waals surface area contributed by atoms with E-state index < -0.39 is 6.10 Å². The largest absolute Gasteiger partial charge is 0.490 e. The first-order valence-corrected chi connectivity index (χ1v) is 5.91. The van der Waals surface area contributed by atoms with Gasteiger partial charge < -0.3 is 9.84 Å². The average Bonchev–Trinajstić information content (AvgIpc) is 2.27. The minimum absolute atomic E-state index is 0.000132. The molecule has 0 aliphatic heterocycles. The van der Waals surface area contributed by atoms with E-state index in [2.05, 4.69) is 0 Å². The van der Waals surface area contributed by atoms with Crippen molar-refractivity contribution in [3.05, 3.63) is 29.8 Å². The number of Topliss-reactive ketones (excluding diaryl/α,β-unsaturated/α-hetero) is 1. The summed E-state index contributed by atoms with van der Waals surface area (Å²) in [6.45, 7) is 7.43. The van der Waals surface area contributed by atoms with Gasteiger partial charge in [-0.05, 0) is 31.9 Å². The van der Waals surface area contributed by atoms with Crippen LogP contribution in [0.2, 0.25) is 0 Å². The zero-order valence-electron chi connectivity index (χ0n) is 10.8. The van der Waals surface area contributed by atoms with Gasteiger partial charge in [-0.25, -0.2) is 0 Å². The van der Waals surface area contributed by atoms with E-state index in [1.807, 2.05) is 33.8 Å². The summed E-state index contributed by atoms with van der Waals surface area (Å²) in [5.74, 6) is 0.151. The molecular formula is C14H20O3. The van der Waals surface area contributed by atoms with E-state index in [0.29, 0.717) is 11.3 Å². The Morgan fingerprint density at radius 2 is 1.76 bits per heavy atom. The molecular weight excluding hydrogens is 216 g/mol. The molecule has 0 bridgehead atoms. The molecule has 1 aromatic rings. The van der Waals surface area contributed by atoms with Gasteiger partial charge in [-0.2, -0.15) is 0 Å². The summed E-state index contributed by atoms with van der Waals surface area (Å²) in [5, 5.41) is 9.80.